The Bertz CT molecular complexity index is 745. The largest absolute Gasteiger partial charge is 0.508 e. The highest BCUT2D eigenvalue weighted by Crippen LogP contribution is 2.36. The van der Waals surface area contributed by atoms with Gasteiger partial charge in [0.15, 0.2) is 5.69 Å². The molecule has 0 saturated heterocycles. The number of benzene rings is 2. The third-order valence-corrected chi connectivity index (χ3v) is 2.77. The molecule has 0 aliphatic carbocycles. The second-order valence-corrected chi connectivity index (χ2v) is 4.08. The molecule has 19 heavy (non-hydrogen) atoms. The fourth-order valence-corrected chi connectivity index (χ4v) is 1.84. The van der Waals surface area contributed by atoms with Crippen molar-refractivity contribution in [2.75, 3.05) is 0 Å². The van der Waals surface area contributed by atoms with E-state index in [1.165, 1.54) is 12.1 Å². The van der Waals surface area contributed by atoms with Gasteiger partial charge in [0.25, 0.3) is 0 Å². The van der Waals surface area contributed by atoms with Gasteiger partial charge in [-0.3, -0.25) is 0 Å². The first-order valence-corrected chi connectivity index (χ1v) is 5.74. The smallest absolute Gasteiger partial charge is 0.218 e. The Labute approximate surface area is 108 Å². The molecule has 5 nitrogen and oxygen atoms in total. The number of aromatic amines is 1. The maximum atomic E-state index is 9.81. The van der Waals surface area contributed by atoms with E-state index in [4.69, 9.17) is 0 Å². The summed E-state index contributed by atoms with van der Waals surface area (Å²) in [4.78, 5) is 2.83. The number of azo groups is 1. The fraction of sp³-hybridized carbons (Fsp3) is 0. The molecule has 0 saturated carbocycles. The van der Waals surface area contributed by atoms with Crippen molar-refractivity contribution in [2.45, 2.75) is 0 Å². The van der Waals surface area contributed by atoms with Gasteiger partial charge in [-0.05, 0) is 30.3 Å². The van der Waals surface area contributed by atoms with E-state index in [0.29, 0.717) is 11.4 Å². The summed E-state index contributed by atoms with van der Waals surface area (Å²) in [6.45, 7) is 0. The van der Waals surface area contributed by atoms with Crippen LogP contribution in [0.3, 0.4) is 0 Å². The molecule has 2 aromatic carbocycles. The number of fused-ring (bicyclic) bond motifs is 1. The van der Waals surface area contributed by atoms with Gasteiger partial charge in [0.2, 0.25) is 5.88 Å². The molecule has 0 aliphatic rings. The van der Waals surface area contributed by atoms with Crippen molar-refractivity contribution < 1.29 is 10.2 Å². The number of phenolic OH excluding ortho intramolecular Hbond substituents is 1. The van der Waals surface area contributed by atoms with Crippen LogP contribution in [0.5, 0.6) is 11.6 Å². The van der Waals surface area contributed by atoms with E-state index in [2.05, 4.69) is 15.2 Å². The summed E-state index contributed by atoms with van der Waals surface area (Å²) in [6.07, 6.45) is 0. The average molecular weight is 253 g/mol. The topological polar surface area (TPSA) is 81.0 Å². The SMILES string of the molecule is Oc1ccc(N=Nc2c(O)[nH]c3ccccc23)cc1. The molecule has 3 rings (SSSR count). The fourth-order valence-electron chi connectivity index (χ4n) is 1.84. The molecule has 0 radical (unpaired) electrons. The molecule has 0 fully saturated rings. The zero-order valence-electron chi connectivity index (χ0n) is 9.91. The minimum absolute atomic E-state index is 0.0104. The normalized spacial score (nSPS) is 11.4. The van der Waals surface area contributed by atoms with Gasteiger partial charge < -0.3 is 15.2 Å². The standard InChI is InChI=1S/C14H11N3O2/c18-10-7-5-9(6-8-10)16-17-13-11-3-1-2-4-12(11)15-14(13)19/h1-8,15,18-19H. The molecular formula is C14H11N3O2. The number of nitrogens with one attached hydrogen (secondary N) is 1. The summed E-state index contributed by atoms with van der Waals surface area (Å²) in [5.41, 5.74) is 1.81. The van der Waals surface area contributed by atoms with Gasteiger partial charge >= 0.3 is 0 Å². The minimum atomic E-state index is -0.0104. The monoisotopic (exact) mass is 253 g/mol. The van der Waals surface area contributed by atoms with Crippen LogP contribution in [-0.2, 0) is 0 Å². The highest BCUT2D eigenvalue weighted by Gasteiger charge is 2.09. The van der Waals surface area contributed by atoms with E-state index in [1.807, 2.05) is 24.3 Å². The number of aromatic nitrogens is 1. The van der Waals surface area contributed by atoms with E-state index in [0.717, 1.165) is 10.9 Å². The van der Waals surface area contributed by atoms with Crippen molar-refractivity contribution in [1.29, 1.82) is 0 Å². The van der Waals surface area contributed by atoms with Gasteiger partial charge in [-0.2, -0.15) is 5.11 Å². The predicted molar refractivity (Wildman–Crippen MR) is 72.2 cm³/mol. The minimum Gasteiger partial charge on any atom is -0.508 e. The van der Waals surface area contributed by atoms with Gasteiger partial charge in [0.05, 0.1) is 11.2 Å². The molecular weight excluding hydrogens is 242 g/mol. The lowest BCUT2D eigenvalue weighted by atomic mass is 10.2. The third kappa shape index (κ3) is 2.13. The number of nitrogens with zero attached hydrogens (tertiary/aromatic N) is 2. The molecule has 5 heteroatoms. The summed E-state index contributed by atoms with van der Waals surface area (Å²) in [5, 5.41) is 27.9. The van der Waals surface area contributed by atoms with Gasteiger partial charge in [0.1, 0.15) is 5.75 Å². The van der Waals surface area contributed by atoms with Crippen LogP contribution < -0.4 is 0 Å². The van der Waals surface area contributed by atoms with E-state index in [1.54, 1.807) is 12.1 Å². The van der Waals surface area contributed by atoms with Crippen LogP contribution in [0, 0.1) is 0 Å². The quantitative estimate of drug-likeness (QED) is 0.603. The summed E-state index contributed by atoms with van der Waals surface area (Å²) < 4.78 is 0. The van der Waals surface area contributed by atoms with Crippen LogP contribution in [0.25, 0.3) is 10.9 Å². The Morgan fingerprint density at radius 3 is 2.37 bits per heavy atom. The predicted octanol–water partition coefficient (Wildman–Crippen LogP) is 3.99. The lowest BCUT2D eigenvalue weighted by molar-refractivity contribution is 0.459. The molecule has 1 heterocycles. The van der Waals surface area contributed by atoms with Gasteiger partial charge in [-0.25, -0.2) is 0 Å². The summed E-state index contributed by atoms with van der Waals surface area (Å²) >= 11 is 0. The lowest BCUT2D eigenvalue weighted by Crippen LogP contribution is -1.65. The summed E-state index contributed by atoms with van der Waals surface area (Å²) in [5.74, 6) is 0.164. The average Bonchev–Trinajstić information content (AvgIpc) is 2.74. The van der Waals surface area contributed by atoms with Gasteiger partial charge in [-0.1, -0.05) is 18.2 Å². The Balaban J connectivity index is 2.01. The van der Waals surface area contributed by atoms with Crippen LogP contribution in [-0.4, -0.2) is 15.2 Å². The van der Waals surface area contributed by atoms with Crippen molar-refractivity contribution in [1.82, 2.24) is 4.98 Å². The number of phenols is 1. The van der Waals surface area contributed by atoms with Crippen molar-refractivity contribution in [2.24, 2.45) is 10.2 Å². The van der Waals surface area contributed by atoms with Crippen LogP contribution >= 0.6 is 0 Å². The number of H-pyrrole nitrogens is 1. The first-order chi connectivity index (χ1) is 9.24. The Morgan fingerprint density at radius 1 is 0.842 bits per heavy atom. The summed E-state index contributed by atoms with van der Waals surface area (Å²) in [7, 11) is 0. The second-order valence-electron chi connectivity index (χ2n) is 4.08. The molecule has 0 amide bonds. The molecule has 0 spiro atoms. The Hall–Kier alpha value is -2.82. The van der Waals surface area contributed by atoms with Crippen molar-refractivity contribution in [3.8, 4) is 11.6 Å². The summed E-state index contributed by atoms with van der Waals surface area (Å²) in [6, 6.07) is 13.8. The van der Waals surface area contributed by atoms with Gasteiger partial charge in [0, 0.05) is 5.39 Å². The second kappa shape index (κ2) is 4.45. The molecule has 3 N–H and O–H groups in total. The molecule has 0 aliphatic heterocycles. The lowest BCUT2D eigenvalue weighted by Gasteiger charge is -1.93. The number of aromatic hydroxyl groups is 2. The van der Waals surface area contributed by atoms with Crippen LogP contribution in [0.1, 0.15) is 0 Å². The Kier molecular flexibility index (Phi) is 2.64. The number of hydrogen-bond acceptors (Lipinski definition) is 4. The molecule has 94 valence electrons. The molecule has 0 atom stereocenters. The Morgan fingerprint density at radius 2 is 1.58 bits per heavy atom. The zero-order chi connectivity index (χ0) is 13.2. The highest BCUT2D eigenvalue weighted by molar-refractivity contribution is 5.94. The number of hydrogen-bond donors (Lipinski definition) is 3. The van der Waals surface area contributed by atoms with Crippen molar-refractivity contribution in [3.63, 3.8) is 0 Å². The first-order valence-electron chi connectivity index (χ1n) is 5.74. The molecule has 0 unspecified atom stereocenters. The van der Waals surface area contributed by atoms with Crippen molar-refractivity contribution >= 4 is 22.3 Å². The van der Waals surface area contributed by atoms with Crippen LogP contribution in [0.15, 0.2) is 58.8 Å². The molecule has 3 aromatic rings. The zero-order valence-corrected chi connectivity index (χ0v) is 9.91. The molecule has 0 bridgehead atoms. The third-order valence-electron chi connectivity index (χ3n) is 2.77. The molecule has 1 aromatic heterocycles. The van der Waals surface area contributed by atoms with E-state index in [-0.39, 0.29) is 11.6 Å². The maximum absolute atomic E-state index is 9.81. The van der Waals surface area contributed by atoms with Crippen LogP contribution in [0.2, 0.25) is 0 Å². The van der Waals surface area contributed by atoms with E-state index in [9.17, 15) is 10.2 Å². The van der Waals surface area contributed by atoms with E-state index >= 15 is 0 Å². The first kappa shape index (κ1) is 11.3. The van der Waals surface area contributed by atoms with E-state index < -0.39 is 0 Å². The maximum Gasteiger partial charge on any atom is 0.218 e. The number of rotatable bonds is 2. The number of para-hydroxylation sites is 1. The van der Waals surface area contributed by atoms with Crippen LogP contribution in [0.4, 0.5) is 11.4 Å². The van der Waals surface area contributed by atoms with Gasteiger partial charge in [-0.15, -0.1) is 5.11 Å². The van der Waals surface area contributed by atoms with Crippen molar-refractivity contribution in [3.05, 3.63) is 48.5 Å². The highest BCUT2D eigenvalue weighted by atomic mass is 16.3.